The minimum atomic E-state index is -0.315. The molecule has 5 aromatic rings. The maximum atomic E-state index is 12.6. The summed E-state index contributed by atoms with van der Waals surface area (Å²) in [5.74, 6) is 1.33. The highest BCUT2D eigenvalue weighted by Crippen LogP contribution is 2.27. The Balaban J connectivity index is 1.53. The van der Waals surface area contributed by atoms with Crippen LogP contribution in [0.4, 0.5) is 5.82 Å². The van der Waals surface area contributed by atoms with Gasteiger partial charge in [0.05, 0.1) is 39.6 Å². The number of hydrogen-bond donors (Lipinski definition) is 1. The number of nitrogens with one attached hydrogen (secondary N) is 1. The highest BCUT2D eigenvalue weighted by molar-refractivity contribution is 6.42. The number of nitrogens with zero attached hydrogens (tertiary/aromatic N) is 4. The molecule has 0 saturated heterocycles. The third-order valence-corrected chi connectivity index (χ3v) is 5.91. The third kappa shape index (κ3) is 4.48. The number of para-hydroxylation sites is 2. The van der Waals surface area contributed by atoms with Crippen LogP contribution in [0.15, 0.2) is 77.4 Å². The van der Waals surface area contributed by atoms with E-state index in [1.165, 1.54) is 6.08 Å². The smallest absolute Gasteiger partial charge is 0.249 e. The van der Waals surface area contributed by atoms with E-state index in [4.69, 9.17) is 32.6 Å². The molecule has 0 aliphatic rings. The van der Waals surface area contributed by atoms with E-state index in [-0.39, 0.29) is 5.91 Å². The summed E-state index contributed by atoms with van der Waals surface area (Å²) in [7, 11) is 0. The average Bonchev–Trinajstić information content (AvgIpc) is 3.54. The van der Waals surface area contributed by atoms with Crippen molar-refractivity contribution in [1.29, 1.82) is 0 Å². The number of imidazole rings is 1. The van der Waals surface area contributed by atoms with Gasteiger partial charge in [0.25, 0.3) is 0 Å². The van der Waals surface area contributed by atoms with Crippen LogP contribution in [0.5, 0.6) is 0 Å². The highest BCUT2D eigenvalue weighted by Gasteiger charge is 2.18. The van der Waals surface area contributed by atoms with Crippen molar-refractivity contribution in [3.8, 4) is 5.95 Å². The van der Waals surface area contributed by atoms with Crippen molar-refractivity contribution in [3.63, 3.8) is 0 Å². The summed E-state index contributed by atoms with van der Waals surface area (Å²) < 4.78 is 8.89. The zero-order valence-corrected chi connectivity index (χ0v) is 19.6. The molecule has 34 heavy (non-hydrogen) atoms. The quantitative estimate of drug-likeness (QED) is 0.289. The Kier molecular flexibility index (Phi) is 5.96. The number of aryl methyl sites for hydroxylation is 1. The molecule has 9 heteroatoms. The second-order valence-corrected chi connectivity index (χ2v) is 8.47. The first-order valence-corrected chi connectivity index (χ1v) is 11.2. The molecule has 0 radical (unpaired) electrons. The fraction of sp³-hybridized carbons (Fsp3) is 0.0800. The van der Waals surface area contributed by atoms with Crippen LogP contribution < -0.4 is 5.32 Å². The number of halogens is 2. The maximum Gasteiger partial charge on any atom is 0.249 e. The van der Waals surface area contributed by atoms with Gasteiger partial charge in [-0.2, -0.15) is 9.78 Å². The summed E-state index contributed by atoms with van der Waals surface area (Å²) in [5.41, 5.74) is 3.42. The molecule has 3 aromatic heterocycles. The molecule has 0 bridgehead atoms. The van der Waals surface area contributed by atoms with Crippen LogP contribution >= 0.6 is 23.2 Å². The van der Waals surface area contributed by atoms with Crippen molar-refractivity contribution < 1.29 is 9.21 Å². The number of furan rings is 1. The van der Waals surface area contributed by atoms with Crippen LogP contribution in [0.3, 0.4) is 0 Å². The standard InChI is InChI=1S/C25H19Cl2N5O2/c1-16-13-23(29-24(33)11-9-18-5-4-12-34-18)32(30-16)25-28-21-6-2-3-7-22(21)31(25)15-17-8-10-19(26)20(27)14-17/h2-14H,15H2,1H3,(H,29,33). The molecule has 0 aliphatic carbocycles. The van der Waals surface area contributed by atoms with E-state index in [0.717, 1.165) is 22.3 Å². The number of hydrogen-bond acceptors (Lipinski definition) is 4. The van der Waals surface area contributed by atoms with Gasteiger partial charge in [0.15, 0.2) is 0 Å². The number of benzene rings is 2. The Bertz CT molecular complexity index is 1520. The molecule has 2 aromatic carbocycles. The number of carbonyl (C=O) groups is 1. The van der Waals surface area contributed by atoms with Gasteiger partial charge in [-0.25, -0.2) is 4.98 Å². The van der Waals surface area contributed by atoms with Crippen molar-refractivity contribution in [2.45, 2.75) is 13.5 Å². The summed E-state index contributed by atoms with van der Waals surface area (Å²) in [6, 6.07) is 18.7. The van der Waals surface area contributed by atoms with Crippen LogP contribution in [-0.4, -0.2) is 25.2 Å². The van der Waals surface area contributed by atoms with E-state index in [9.17, 15) is 4.79 Å². The van der Waals surface area contributed by atoms with Gasteiger partial charge in [-0.1, -0.05) is 41.4 Å². The second-order valence-electron chi connectivity index (χ2n) is 7.66. The van der Waals surface area contributed by atoms with Gasteiger partial charge < -0.3 is 14.3 Å². The molecule has 0 unspecified atom stereocenters. The maximum absolute atomic E-state index is 12.6. The second kappa shape index (κ2) is 9.21. The van der Waals surface area contributed by atoms with Gasteiger partial charge in [0.1, 0.15) is 11.6 Å². The lowest BCUT2D eigenvalue weighted by atomic mass is 10.2. The van der Waals surface area contributed by atoms with Gasteiger partial charge in [-0.3, -0.25) is 4.79 Å². The van der Waals surface area contributed by atoms with Gasteiger partial charge in [-0.05, 0) is 55.0 Å². The summed E-state index contributed by atoms with van der Waals surface area (Å²) in [6.45, 7) is 2.34. The molecule has 0 saturated carbocycles. The molecule has 3 heterocycles. The third-order valence-electron chi connectivity index (χ3n) is 5.17. The average molecular weight is 492 g/mol. The molecular formula is C25H19Cl2N5O2. The topological polar surface area (TPSA) is 77.9 Å². The number of rotatable bonds is 6. The molecule has 0 fully saturated rings. The van der Waals surface area contributed by atoms with Crippen LogP contribution in [0, 0.1) is 6.92 Å². The van der Waals surface area contributed by atoms with Crippen LogP contribution in [-0.2, 0) is 11.3 Å². The molecule has 5 rings (SSSR count). The van der Waals surface area contributed by atoms with Crippen molar-refractivity contribution in [1.82, 2.24) is 19.3 Å². The van der Waals surface area contributed by atoms with Crippen LogP contribution in [0.2, 0.25) is 10.0 Å². The Morgan fingerprint density at radius 3 is 2.74 bits per heavy atom. The number of fused-ring (bicyclic) bond motifs is 1. The SMILES string of the molecule is Cc1cc(NC(=O)C=Cc2ccco2)n(-c2nc3ccccc3n2Cc2ccc(Cl)c(Cl)c2)n1. The van der Waals surface area contributed by atoms with Gasteiger partial charge in [0.2, 0.25) is 11.9 Å². The van der Waals surface area contributed by atoms with E-state index in [2.05, 4.69) is 10.4 Å². The zero-order chi connectivity index (χ0) is 23.7. The summed E-state index contributed by atoms with van der Waals surface area (Å²) >= 11 is 12.3. The van der Waals surface area contributed by atoms with Gasteiger partial charge in [-0.15, -0.1) is 0 Å². The number of aromatic nitrogens is 4. The van der Waals surface area contributed by atoms with Crippen molar-refractivity contribution >= 4 is 52.0 Å². The Labute approximate surface area is 205 Å². The fourth-order valence-electron chi connectivity index (χ4n) is 3.65. The Morgan fingerprint density at radius 1 is 1.09 bits per heavy atom. The molecule has 7 nitrogen and oxygen atoms in total. The van der Waals surface area contributed by atoms with Crippen molar-refractivity contribution in [3.05, 3.63) is 100 Å². The normalized spacial score (nSPS) is 11.5. The summed E-state index contributed by atoms with van der Waals surface area (Å²) in [6.07, 6.45) is 4.56. The Hall–Kier alpha value is -3.81. The lowest BCUT2D eigenvalue weighted by Gasteiger charge is -2.12. The fourth-order valence-corrected chi connectivity index (χ4v) is 3.97. The minimum Gasteiger partial charge on any atom is -0.465 e. The van der Waals surface area contributed by atoms with Crippen LogP contribution in [0.25, 0.3) is 23.1 Å². The lowest BCUT2D eigenvalue weighted by molar-refractivity contribution is -0.111. The predicted molar refractivity (Wildman–Crippen MR) is 134 cm³/mol. The number of carbonyl (C=O) groups excluding carboxylic acids is 1. The first-order valence-electron chi connectivity index (χ1n) is 10.5. The number of amides is 1. The van der Waals surface area contributed by atoms with Crippen molar-refractivity contribution in [2.24, 2.45) is 0 Å². The summed E-state index contributed by atoms with van der Waals surface area (Å²) in [4.78, 5) is 17.4. The van der Waals surface area contributed by atoms with E-state index in [0.29, 0.717) is 34.1 Å². The Morgan fingerprint density at radius 2 is 1.94 bits per heavy atom. The zero-order valence-electron chi connectivity index (χ0n) is 18.1. The monoisotopic (exact) mass is 491 g/mol. The largest absolute Gasteiger partial charge is 0.465 e. The highest BCUT2D eigenvalue weighted by atomic mass is 35.5. The summed E-state index contributed by atoms with van der Waals surface area (Å²) in [5, 5.41) is 8.47. The van der Waals surface area contributed by atoms with E-state index >= 15 is 0 Å². The molecule has 1 N–H and O–H groups in total. The van der Waals surface area contributed by atoms with Gasteiger partial charge >= 0.3 is 0 Å². The molecule has 170 valence electrons. The molecule has 1 amide bonds. The molecule has 0 spiro atoms. The molecular weight excluding hydrogens is 473 g/mol. The van der Waals surface area contributed by atoms with Gasteiger partial charge in [0, 0.05) is 12.1 Å². The first-order chi connectivity index (χ1) is 16.5. The molecule has 0 aliphatic heterocycles. The van der Waals surface area contributed by atoms with E-state index in [1.807, 2.05) is 47.9 Å². The van der Waals surface area contributed by atoms with Crippen molar-refractivity contribution in [2.75, 3.05) is 5.32 Å². The lowest BCUT2D eigenvalue weighted by Crippen LogP contribution is -2.15. The minimum absolute atomic E-state index is 0.315. The predicted octanol–water partition coefficient (Wildman–Crippen LogP) is 6.13. The van der Waals surface area contributed by atoms with E-state index in [1.54, 1.807) is 41.3 Å². The van der Waals surface area contributed by atoms with E-state index < -0.39 is 0 Å². The van der Waals surface area contributed by atoms with Crippen LogP contribution in [0.1, 0.15) is 17.0 Å². The number of anilines is 1. The first kappa shape index (κ1) is 22.0. The molecule has 0 atom stereocenters.